The third-order valence-corrected chi connectivity index (χ3v) is 2.56. The van der Waals surface area contributed by atoms with Gasteiger partial charge in [-0.05, 0) is 17.7 Å². The highest BCUT2D eigenvalue weighted by molar-refractivity contribution is 6.30. The lowest BCUT2D eigenvalue weighted by molar-refractivity contribution is 0.0682. The van der Waals surface area contributed by atoms with E-state index in [1.807, 2.05) is 0 Å². The molecule has 2 aromatic rings. The van der Waals surface area contributed by atoms with E-state index in [1.54, 1.807) is 24.3 Å². The molecule has 0 fully saturated rings. The van der Waals surface area contributed by atoms with E-state index >= 15 is 0 Å². The Labute approximate surface area is 107 Å². The monoisotopic (exact) mass is 267 g/mol. The lowest BCUT2D eigenvalue weighted by Crippen LogP contribution is -2.10. The van der Waals surface area contributed by atoms with Crippen LogP contribution in [0.2, 0.25) is 5.02 Å². The van der Waals surface area contributed by atoms with Crippen molar-refractivity contribution >= 4 is 17.6 Å². The van der Waals surface area contributed by atoms with Crippen LogP contribution in [0.4, 0.5) is 0 Å². The fraction of sp³-hybridized carbons (Fsp3) is 0.182. The van der Waals surface area contributed by atoms with Crippen molar-refractivity contribution < 1.29 is 15.0 Å². The molecule has 6 nitrogen and oxygen atoms in total. The van der Waals surface area contributed by atoms with Crippen LogP contribution in [0.1, 0.15) is 22.3 Å². The zero-order chi connectivity index (χ0) is 13.1. The number of carbonyl (C=O) groups is 1. The molecule has 1 aromatic heterocycles. The summed E-state index contributed by atoms with van der Waals surface area (Å²) in [5.74, 6) is -1.50. The standard InChI is InChI=1S/C11H10ClN3O3/c12-8-3-1-2-7(4-8)9(16)5-15-6-13-10(14-15)11(17)18/h1-4,6,9,16H,5H2,(H,17,18). The van der Waals surface area contributed by atoms with Crippen molar-refractivity contribution in [1.82, 2.24) is 14.8 Å². The first-order valence-corrected chi connectivity index (χ1v) is 5.50. The Morgan fingerprint density at radius 2 is 2.28 bits per heavy atom. The molecule has 0 aliphatic carbocycles. The molecule has 2 N–H and O–H groups in total. The summed E-state index contributed by atoms with van der Waals surface area (Å²) in [4.78, 5) is 14.2. The van der Waals surface area contributed by atoms with Crippen LogP contribution >= 0.6 is 11.6 Å². The number of halogens is 1. The molecule has 1 aromatic carbocycles. The predicted molar refractivity (Wildman–Crippen MR) is 63.4 cm³/mol. The number of hydrogen-bond donors (Lipinski definition) is 2. The molecule has 2 rings (SSSR count). The van der Waals surface area contributed by atoms with Crippen LogP contribution < -0.4 is 0 Å². The van der Waals surface area contributed by atoms with Gasteiger partial charge in [0.2, 0.25) is 0 Å². The quantitative estimate of drug-likeness (QED) is 0.873. The number of aliphatic hydroxyl groups excluding tert-OH is 1. The van der Waals surface area contributed by atoms with Gasteiger partial charge in [-0.25, -0.2) is 14.5 Å². The first-order valence-electron chi connectivity index (χ1n) is 5.12. The number of aromatic carboxylic acids is 1. The van der Waals surface area contributed by atoms with Crippen molar-refractivity contribution in [3.8, 4) is 0 Å². The maximum atomic E-state index is 10.6. The number of benzene rings is 1. The van der Waals surface area contributed by atoms with E-state index in [-0.39, 0.29) is 12.4 Å². The Bertz CT molecular complexity index is 570. The molecule has 0 amide bonds. The van der Waals surface area contributed by atoms with Crippen LogP contribution in [0.3, 0.4) is 0 Å². The average Bonchev–Trinajstić information content (AvgIpc) is 2.77. The van der Waals surface area contributed by atoms with Gasteiger partial charge in [0.15, 0.2) is 0 Å². The van der Waals surface area contributed by atoms with Crippen LogP contribution in [0.15, 0.2) is 30.6 Å². The Hall–Kier alpha value is -1.92. The normalized spacial score (nSPS) is 12.3. The maximum absolute atomic E-state index is 10.6. The largest absolute Gasteiger partial charge is 0.475 e. The molecule has 0 saturated carbocycles. The first-order chi connectivity index (χ1) is 8.56. The smallest absolute Gasteiger partial charge is 0.375 e. The fourth-order valence-corrected chi connectivity index (χ4v) is 1.68. The Morgan fingerprint density at radius 3 is 2.89 bits per heavy atom. The number of carboxylic acid groups (broad SMARTS) is 1. The summed E-state index contributed by atoms with van der Waals surface area (Å²) in [5, 5.41) is 22.9. The van der Waals surface area contributed by atoms with Crippen molar-refractivity contribution in [3.05, 3.63) is 47.0 Å². The molecule has 94 valence electrons. The van der Waals surface area contributed by atoms with Gasteiger partial charge >= 0.3 is 5.97 Å². The number of nitrogens with zero attached hydrogens (tertiary/aromatic N) is 3. The van der Waals surface area contributed by atoms with E-state index in [1.165, 1.54) is 11.0 Å². The van der Waals surface area contributed by atoms with Crippen LogP contribution in [-0.4, -0.2) is 30.9 Å². The summed E-state index contributed by atoms with van der Waals surface area (Å²) >= 11 is 5.81. The third kappa shape index (κ3) is 2.85. The van der Waals surface area contributed by atoms with Gasteiger partial charge in [0.25, 0.3) is 5.82 Å². The van der Waals surface area contributed by atoms with Crippen molar-refractivity contribution in [2.75, 3.05) is 0 Å². The SMILES string of the molecule is O=C(O)c1ncn(CC(O)c2cccc(Cl)c2)n1. The van der Waals surface area contributed by atoms with E-state index in [4.69, 9.17) is 16.7 Å². The van der Waals surface area contributed by atoms with E-state index in [9.17, 15) is 9.90 Å². The molecule has 0 saturated heterocycles. The summed E-state index contributed by atoms with van der Waals surface area (Å²) in [6.45, 7) is 0.112. The van der Waals surface area contributed by atoms with E-state index in [0.29, 0.717) is 10.6 Å². The van der Waals surface area contributed by atoms with Crippen molar-refractivity contribution in [2.24, 2.45) is 0 Å². The van der Waals surface area contributed by atoms with Gasteiger partial charge < -0.3 is 10.2 Å². The highest BCUT2D eigenvalue weighted by atomic mass is 35.5. The minimum absolute atomic E-state index is 0.112. The molecule has 0 aliphatic rings. The van der Waals surface area contributed by atoms with Gasteiger partial charge in [0.1, 0.15) is 6.33 Å². The highest BCUT2D eigenvalue weighted by Crippen LogP contribution is 2.18. The lowest BCUT2D eigenvalue weighted by atomic mass is 10.1. The zero-order valence-electron chi connectivity index (χ0n) is 9.19. The third-order valence-electron chi connectivity index (χ3n) is 2.32. The second-order valence-corrected chi connectivity index (χ2v) is 4.10. The molecule has 1 unspecified atom stereocenters. The highest BCUT2D eigenvalue weighted by Gasteiger charge is 2.13. The summed E-state index contributed by atoms with van der Waals surface area (Å²) in [6, 6.07) is 6.80. The van der Waals surface area contributed by atoms with E-state index in [0.717, 1.165) is 0 Å². The molecule has 0 aliphatic heterocycles. The van der Waals surface area contributed by atoms with Crippen LogP contribution in [-0.2, 0) is 6.54 Å². The molecular formula is C11H10ClN3O3. The van der Waals surface area contributed by atoms with Gasteiger partial charge in [-0.3, -0.25) is 0 Å². The van der Waals surface area contributed by atoms with Gasteiger partial charge in [0.05, 0.1) is 12.6 Å². The van der Waals surface area contributed by atoms with Crippen molar-refractivity contribution in [3.63, 3.8) is 0 Å². The van der Waals surface area contributed by atoms with Gasteiger partial charge in [-0.1, -0.05) is 23.7 Å². The molecule has 0 bridgehead atoms. The summed E-state index contributed by atoms with van der Waals surface area (Å²) in [5.41, 5.74) is 0.634. The summed E-state index contributed by atoms with van der Waals surface area (Å²) in [7, 11) is 0. The molecule has 0 spiro atoms. The first kappa shape index (κ1) is 12.5. The van der Waals surface area contributed by atoms with Crippen LogP contribution in [0, 0.1) is 0 Å². The van der Waals surface area contributed by atoms with E-state index in [2.05, 4.69) is 10.1 Å². The van der Waals surface area contributed by atoms with Crippen molar-refractivity contribution in [2.45, 2.75) is 12.6 Å². The molecule has 18 heavy (non-hydrogen) atoms. The van der Waals surface area contributed by atoms with E-state index < -0.39 is 12.1 Å². The molecule has 1 heterocycles. The second kappa shape index (κ2) is 5.16. The fourth-order valence-electron chi connectivity index (χ4n) is 1.48. The molecular weight excluding hydrogens is 258 g/mol. The Morgan fingerprint density at radius 1 is 1.50 bits per heavy atom. The Kier molecular flexibility index (Phi) is 3.59. The number of aromatic nitrogens is 3. The zero-order valence-corrected chi connectivity index (χ0v) is 9.95. The molecule has 0 radical (unpaired) electrons. The summed E-state index contributed by atoms with van der Waals surface area (Å²) < 4.78 is 1.27. The van der Waals surface area contributed by atoms with Gasteiger partial charge in [-0.2, -0.15) is 0 Å². The lowest BCUT2D eigenvalue weighted by Gasteiger charge is -2.10. The minimum Gasteiger partial charge on any atom is -0.475 e. The minimum atomic E-state index is -1.20. The topological polar surface area (TPSA) is 88.2 Å². The second-order valence-electron chi connectivity index (χ2n) is 3.67. The van der Waals surface area contributed by atoms with Gasteiger partial charge in [-0.15, -0.1) is 5.10 Å². The van der Waals surface area contributed by atoms with Crippen molar-refractivity contribution in [1.29, 1.82) is 0 Å². The number of carboxylic acids is 1. The predicted octanol–water partition coefficient (Wildman–Crippen LogP) is 1.36. The number of aliphatic hydroxyl groups is 1. The van der Waals surface area contributed by atoms with Crippen LogP contribution in [0.5, 0.6) is 0 Å². The number of hydrogen-bond acceptors (Lipinski definition) is 4. The Balaban J connectivity index is 2.11. The average molecular weight is 268 g/mol. The van der Waals surface area contributed by atoms with Crippen LogP contribution in [0.25, 0.3) is 0 Å². The van der Waals surface area contributed by atoms with Gasteiger partial charge in [0, 0.05) is 5.02 Å². The molecule has 1 atom stereocenters. The molecule has 7 heteroatoms. The maximum Gasteiger partial charge on any atom is 0.375 e. The summed E-state index contributed by atoms with van der Waals surface area (Å²) in [6.07, 6.45) is 0.434. The number of rotatable bonds is 4.